The van der Waals surface area contributed by atoms with Gasteiger partial charge >= 0.3 is 5.97 Å². The minimum absolute atomic E-state index is 0.0136. The Hall–Kier alpha value is -1.78. The highest BCUT2D eigenvalue weighted by Crippen LogP contribution is 2.27. The summed E-state index contributed by atoms with van der Waals surface area (Å²) in [6.07, 6.45) is 1.63. The number of carbonyl (C=O) groups excluding carboxylic acids is 1. The zero-order valence-corrected chi connectivity index (χ0v) is 12.2. The van der Waals surface area contributed by atoms with Gasteiger partial charge in [-0.25, -0.2) is 0 Å². The van der Waals surface area contributed by atoms with Gasteiger partial charge in [-0.1, -0.05) is 13.8 Å². The Morgan fingerprint density at radius 1 is 1.50 bits per heavy atom. The summed E-state index contributed by atoms with van der Waals surface area (Å²) >= 11 is 0. The van der Waals surface area contributed by atoms with E-state index < -0.39 is 5.97 Å². The molecule has 0 bridgehead atoms. The Balaban J connectivity index is 2.20. The van der Waals surface area contributed by atoms with Crippen molar-refractivity contribution in [3.05, 3.63) is 23.2 Å². The van der Waals surface area contributed by atoms with Crippen molar-refractivity contribution in [2.45, 2.75) is 52.0 Å². The second-order valence-electron chi connectivity index (χ2n) is 5.67. The number of furan rings is 1. The monoisotopic (exact) mass is 279 g/mol. The van der Waals surface area contributed by atoms with E-state index >= 15 is 0 Å². The van der Waals surface area contributed by atoms with Gasteiger partial charge in [-0.15, -0.1) is 0 Å². The van der Waals surface area contributed by atoms with Gasteiger partial charge in [0.1, 0.15) is 11.5 Å². The summed E-state index contributed by atoms with van der Waals surface area (Å²) in [4.78, 5) is 25.1. The number of carboxylic acid groups (broad SMARTS) is 1. The van der Waals surface area contributed by atoms with Crippen LogP contribution in [0.15, 0.2) is 10.5 Å². The van der Waals surface area contributed by atoms with Gasteiger partial charge in [-0.3, -0.25) is 9.59 Å². The summed E-state index contributed by atoms with van der Waals surface area (Å²) in [5.74, 6) is 0.659. The molecule has 1 fully saturated rings. The molecule has 20 heavy (non-hydrogen) atoms. The maximum atomic E-state index is 12.6. The lowest BCUT2D eigenvalue weighted by molar-refractivity contribution is -0.137. The molecule has 1 aromatic rings. The Morgan fingerprint density at radius 2 is 2.20 bits per heavy atom. The highest BCUT2D eigenvalue weighted by atomic mass is 16.4. The molecule has 5 heteroatoms. The van der Waals surface area contributed by atoms with Crippen molar-refractivity contribution in [1.82, 2.24) is 4.90 Å². The molecule has 0 spiro atoms. The summed E-state index contributed by atoms with van der Waals surface area (Å²) in [7, 11) is 0. The Morgan fingerprint density at radius 3 is 2.75 bits per heavy atom. The van der Waals surface area contributed by atoms with Crippen LogP contribution in [-0.2, 0) is 4.79 Å². The molecule has 0 aromatic carbocycles. The lowest BCUT2D eigenvalue weighted by atomic mass is 10.1. The Bertz CT molecular complexity index is 518. The lowest BCUT2D eigenvalue weighted by Crippen LogP contribution is -2.36. The zero-order chi connectivity index (χ0) is 14.9. The van der Waals surface area contributed by atoms with E-state index in [1.54, 1.807) is 17.9 Å². The molecule has 1 saturated heterocycles. The normalized spacial score (nSPS) is 18.8. The summed E-state index contributed by atoms with van der Waals surface area (Å²) in [6.45, 7) is 6.42. The van der Waals surface area contributed by atoms with E-state index in [2.05, 4.69) is 0 Å². The second-order valence-corrected chi connectivity index (χ2v) is 5.67. The van der Waals surface area contributed by atoms with Crippen molar-refractivity contribution < 1.29 is 19.1 Å². The molecule has 1 amide bonds. The first-order valence-corrected chi connectivity index (χ1v) is 7.03. The average Bonchev–Trinajstić information content (AvgIpc) is 2.94. The predicted molar refractivity (Wildman–Crippen MR) is 73.8 cm³/mol. The van der Waals surface area contributed by atoms with Crippen molar-refractivity contribution in [2.75, 3.05) is 6.54 Å². The first-order chi connectivity index (χ1) is 9.40. The number of aryl methyl sites for hydroxylation is 1. The summed E-state index contributed by atoms with van der Waals surface area (Å²) in [6, 6.07) is 1.59. The number of likely N-dealkylation sites (tertiary alicyclic amines) is 1. The van der Waals surface area contributed by atoms with Crippen LogP contribution in [0.5, 0.6) is 0 Å². The molecular formula is C15H21NO4. The zero-order valence-electron chi connectivity index (χ0n) is 12.2. The van der Waals surface area contributed by atoms with E-state index in [0.717, 1.165) is 18.6 Å². The predicted octanol–water partition coefficient (Wildman–Crippen LogP) is 2.79. The standard InChI is InChI=1S/C15H21NO4/c1-9(2)13-8-12(10(3)20-13)15(19)16-6-4-5-11(16)7-14(17)18/h8-9,11H,4-7H2,1-3H3,(H,17,18). The van der Waals surface area contributed by atoms with E-state index in [0.29, 0.717) is 17.9 Å². The number of aliphatic carboxylic acids is 1. The Kier molecular flexibility index (Phi) is 4.16. The molecule has 1 aromatic heterocycles. The van der Waals surface area contributed by atoms with Crippen LogP contribution in [0.1, 0.15) is 60.9 Å². The van der Waals surface area contributed by atoms with Crippen molar-refractivity contribution in [1.29, 1.82) is 0 Å². The van der Waals surface area contributed by atoms with Gasteiger partial charge < -0.3 is 14.4 Å². The van der Waals surface area contributed by atoms with Crippen molar-refractivity contribution in [3.8, 4) is 0 Å². The molecule has 1 aliphatic rings. The maximum absolute atomic E-state index is 12.6. The average molecular weight is 279 g/mol. The van der Waals surface area contributed by atoms with Gasteiger partial charge in [0.25, 0.3) is 5.91 Å². The van der Waals surface area contributed by atoms with Crippen molar-refractivity contribution in [3.63, 3.8) is 0 Å². The lowest BCUT2D eigenvalue weighted by Gasteiger charge is -2.23. The SMILES string of the molecule is Cc1oc(C(C)C)cc1C(=O)N1CCCC1CC(=O)O. The number of rotatable bonds is 4. The highest BCUT2D eigenvalue weighted by molar-refractivity contribution is 5.96. The van der Waals surface area contributed by atoms with Gasteiger partial charge in [0.05, 0.1) is 12.0 Å². The molecule has 0 radical (unpaired) electrons. The highest BCUT2D eigenvalue weighted by Gasteiger charge is 2.32. The quantitative estimate of drug-likeness (QED) is 0.920. The molecule has 0 aliphatic carbocycles. The van der Waals surface area contributed by atoms with Gasteiger partial charge in [0.15, 0.2) is 0 Å². The van der Waals surface area contributed by atoms with Crippen molar-refractivity contribution in [2.24, 2.45) is 0 Å². The molecule has 1 N–H and O–H groups in total. The van der Waals surface area contributed by atoms with E-state index in [4.69, 9.17) is 9.52 Å². The second kappa shape index (κ2) is 5.69. The van der Waals surface area contributed by atoms with Crippen LogP contribution < -0.4 is 0 Å². The summed E-state index contributed by atoms with van der Waals surface area (Å²) in [5.41, 5.74) is 0.561. The molecule has 2 heterocycles. The molecule has 1 aliphatic heterocycles. The minimum atomic E-state index is -0.860. The first kappa shape index (κ1) is 14.6. The molecule has 5 nitrogen and oxygen atoms in total. The van der Waals surface area contributed by atoms with E-state index in [9.17, 15) is 9.59 Å². The number of amides is 1. The van der Waals surface area contributed by atoms with E-state index in [1.165, 1.54) is 0 Å². The fraction of sp³-hybridized carbons (Fsp3) is 0.600. The number of carboxylic acids is 1. The third-order valence-electron chi connectivity index (χ3n) is 3.78. The first-order valence-electron chi connectivity index (χ1n) is 7.03. The van der Waals surface area contributed by atoms with Crippen molar-refractivity contribution >= 4 is 11.9 Å². The molecule has 1 unspecified atom stereocenters. The van der Waals surface area contributed by atoms with Gasteiger partial charge in [0.2, 0.25) is 0 Å². The van der Waals surface area contributed by atoms with Crippen LogP contribution >= 0.6 is 0 Å². The van der Waals surface area contributed by atoms with Gasteiger partial charge in [-0.2, -0.15) is 0 Å². The topological polar surface area (TPSA) is 70.8 Å². The van der Waals surface area contributed by atoms with Crippen LogP contribution in [0, 0.1) is 6.92 Å². The third kappa shape index (κ3) is 2.86. The molecule has 2 rings (SSSR count). The van der Waals surface area contributed by atoms with Crippen LogP contribution in [0.3, 0.4) is 0 Å². The Labute approximate surface area is 118 Å². The smallest absolute Gasteiger partial charge is 0.305 e. The van der Waals surface area contributed by atoms with Crippen LogP contribution in [0.2, 0.25) is 0 Å². The maximum Gasteiger partial charge on any atom is 0.305 e. The summed E-state index contributed by atoms with van der Waals surface area (Å²) < 4.78 is 5.61. The fourth-order valence-corrected chi connectivity index (χ4v) is 2.67. The van der Waals surface area contributed by atoms with Gasteiger partial charge in [0, 0.05) is 18.5 Å². The molecule has 110 valence electrons. The van der Waals surface area contributed by atoms with Crippen LogP contribution in [-0.4, -0.2) is 34.5 Å². The fourth-order valence-electron chi connectivity index (χ4n) is 2.67. The number of hydrogen-bond donors (Lipinski definition) is 1. The van der Waals surface area contributed by atoms with Gasteiger partial charge in [-0.05, 0) is 25.8 Å². The summed E-state index contributed by atoms with van der Waals surface area (Å²) in [5, 5.41) is 8.92. The molecular weight excluding hydrogens is 258 g/mol. The largest absolute Gasteiger partial charge is 0.481 e. The minimum Gasteiger partial charge on any atom is -0.481 e. The number of carbonyl (C=O) groups is 2. The third-order valence-corrected chi connectivity index (χ3v) is 3.78. The number of nitrogens with zero attached hydrogens (tertiary/aromatic N) is 1. The van der Waals surface area contributed by atoms with E-state index in [-0.39, 0.29) is 24.3 Å². The molecule has 0 saturated carbocycles. The van der Waals surface area contributed by atoms with Crippen LogP contribution in [0.25, 0.3) is 0 Å². The number of hydrogen-bond acceptors (Lipinski definition) is 3. The van der Waals surface area contributed by atoms with E-state index in [1.807, 2.05) is 13.8 Å². The molecule has 1 atom stereocenters. The van der Waals surface area contributed by atoms with Crippen LogP contribution in [0.4, 0.5) is 0 Å².